The predicted molar refractivity (Wildman–Crippen MR) is 110 cm³/mol. The molecule has 5 nitrogen and oxygen atoms in total. The van der Waals surface area contributed by atoms with E-state index in [0.717, 1.165) is 11.1 Å². The first-order chi connectivity index (χ1) is 13.4. The lowest BCUT2D eigenvalue weighted by atomic mass is 10.1. The third kappa shape index (κ3) is 3.11. The van der Waals surface area contributed by atoms with Gasteiger partial charge in [0, 0.05) is 18.3 Å². The number of benzene rings is 3. The molecule has 140 valence electrons. The van der Waals surface area contributed by atoms with Gasteiger partial charge in [-0.15, -0.1) is 0 Å². The molecule has 3 aromatic rings. The van der Waals surface area contributed by atoms with Gasteiger partial charge in [-0.2, -0.15) is 0 Å². The molecule has 0 atom stereocenters. The lowest BCUT2D eigenvalue weighted by Crippen LogP contribution is -2.25. The van der Waals surface area contributed by atoms with Crippen LogP contribution in [0.5, 0.6) is 11.5 Å². The van der Waals surface area contributed by atoms with Gasteiger partial charge in [-0.25, -0.2) is 0 Å². The van der Waals surface area contributed by atoms with E-state index in [4.69, 9.17) is 4.74 Å². The molecule has 1 aliphatic heterocycles. The molecule has 0 aliphatic carbocycles. The van der Waals surface area contributed by atoms with Gasteiger partial charge in [0.2, 0.25) is 0 Å². The number of anilines is 2. The highest BCUT2D eigenvalue weighted by Crippen LogP contribution is 2.38. The number of carbonyl (C=O) groups is 2. The Kier molecular flexibility index (Phi) is 4.35. The summed E-state index contributed by atoms with van der Waals surface area (Å²) >= 11 is 0. The standard InChI is InChI=1S/C23H20N2O3/c1-14-8-9-16(12-15(14)2)22(26)24-17-10-11-20-18(13-17)23(27)25(3)19-6-4-5-7-21(19)28-20/h4-13H,1-3H3,(H,24,26). The van der Waals surface area contributed by atoms with E-state index in [2.05, 4.69) is 5.32 Å². The number of aryl methyl sites for hydroxylation is 2. The molecule has 0 spiro atoms. The van der Waals surface area contributed by atoms with Crippen LogP contribution in [0, 0.1) is 13.8 Å². The van der Waals surface area contributed by atoms with Crippen molar-refractivity contribution in [1.82, 2.24) is 0 Å². The summed E-state index contributed by atoms with van der Waals surface area (Å²) in [5.74, 6) is 0.666. The molecule has 0 fully saturated rings. The maximum atomic E-state index is 12.9. The van der Waals surface area contributed by atoms with Crippen molar-refractivity contribution in [3.63, 3.8) is 0 Å². The molecule has 0 unspecified atom stereocenters. The second-order valence-corrected chi connectivity index (χ2v) is 6.90. The van der Waals surface area contributed by atoms with E-state index in [1.807, 2.05) is 50.2 Å². The summed E-state index contributed by atoms with van der Waals surface area (Å²) in [7, 11) is 1.71. The third-order valence-electron chi connectivity index (χ3n) is 4.99. The molecule has 0 radical (unpaired) electrons. The van der Waals surface area contributed by atoms with Gasteiger partial charge in [0.05, 0.1) is 11.3 Å². The van der Waals surface area contributed by atoms with Gasteiger partial charge in [0.1, 0.15) is 5.75 Å². The molecule has 1 heterocycles. The van der Waals surface area contributed by atoms with Crippen molar-refractivity contribution in [3.05, 3.63) is 82.9 Å². The molecular weight excluding hydrogens is 352 g/mol. The second-order valence-electron chi connectivity index (χ2n) is 6.90. The number of para-hydroxylation sites is 2. The van der Waals surface area contributed by atoms with E-state index in [1.54, 1.807) is 36.2 Å². The average molecular weight is 372 g/mol. The monoisotopic (exact) mass is 372 g/mol. The molecule has 1 aliphatic rings. The number of carbonyl (C=O) groups excluding carboxylic acids is 2. The number of rotatable bonds is 2. The fraction of sp³-hybridized carbons (Fsp3) is 0.130. The second kappa shape index (κ2) is 6.85. The lowest BCUT2D eigenvalue weighted by Gasteiger charge is -2.16. The summed E-state index contributed by atoms with van der Waals surface area (Å²) in [4.78, 5) is 27.1. The smallest absolute Gasteiger partial charge is 0.261 e. The fourth-order valence-electron chi connectivity index (χ4n) is 3.18. The molecule has 1 N–H and O–H groups in total. The van der Waals surface area contributed by atoms with Crippen LogP contribution < -0.4 is 15.0 Å². The van der Waals surface area contributed by atoms with Crippen LogP contribution in [0.3, 0.4) is 0 Å². The highest BCUT2D eigenvalue weighted by Gasteiger charge is 2.26. The van der Waals surface area contributed by atoms with Crippen LogP contribution in [0.1, 0.15) is 31.8 Å². The van der Waals surface area contributed by atoms with E-state index in [0.29, 0.717) is 34.0 Å². The third-order valence-corrected chi connectivity index (χ3v) is 4.99. The predicted octanol–water partition coefficient (Wildman–Crippen LogP) is 4.94. The molecule has 28 heavy (non-hydrogen) atoms. The van der Waals surface area contributed by atoms with Crippen molar-refractivity contribution in [2.75, 3.05) is 17.3 Å². The van der Waals surface area contributed by atoms with Gasteiger partial charge in [-0.3, -0.25) is 9.59 Å². The average Bonchev–Trinajstić information content (AvgIpc) is 2.79. The van der Waals surface area contributed by atoms with Crippen molar-refractivity contribution in [3.8, 4) is 11.5 Å². The zero-order valence-corrected chi connectivity index (χ0v) is 15.9. The van der Waals surface area contributed by atoms with Crippen LogP contribution in [0.4, 0.5) is 11.4 Å². The Morgan fingerprint density at radius 2 is 1.71 bits per heavy atom. The van der Waals surface area contributed by atoms with Gasteiger partial charge < -0.3 is 15.0 Å². The number of nitrogens with one attached hydrogen (secondary N) is 1. The molecule has 0 aromatic heterocycles. The Hall–Kier alpha value is -3.60. The first-order valence-corrected chi connectivity index (χ1v) is 9.01. The number of hydrogen-bond donors (Lipinski definition) is 1. The summed E-state index contributed by atoms with van der Waals surface area (Å²) in [6.07, 6.45) is 0. The molecule has 5 heteroatoms. The number of ether oxygens (including phenoxy) is 1. The maximum Gasteiger partial charge on any atom is 0.261 e. The van der Waals surface area contributed by atoms with Crippen LogP contribution in [-0.2, 0) is 0 Å². The summed E-state index contributed by atoms with van der Waals surface area (Å²) < 4.78 is 5.94. The topological polar surface area (TPSA) is 58.6 Å². The molecule has 4 rings (SSSR count). The first kappa shape index (κ1) is 17.8. The van der Waals surface area contributed by atoms with Crippen molar-refractivity contribution in [2.24, 2.45) is 0 Å². The maximum absolute atomic E-state index is 12.9. The number of amides is 2. The highest BCUT2D eigenvalue weighted by atomic mass is 16.5. The number of hydrogen-bond acceptors (Lipinski definition) is 3. The molecule has 0 saturated carbocycles. The normalized spacial score (nSPS) is 12.5. The largest absolute Gasteiger partial charge is 0.454 e. The zero-order valence-electron chi connectivity index (χ0n) is 15.9. The van der Waals surface area contributed by atoms with Crippen molar-refractivity contribution < 1.29 is 14.3 Å². The Balaban J connectivity index is 1.65. The number of nitrogens with zero attached hydrogens (tertiary/aromatic N) is 1. The Morgan fingerprint density at radius 3 is 2.50 bits per heavy atom. The van der Waals surface area contributed by atoms with E-state index in [1.165, 1.54) is 0 Å². The Morgan fingerprint density at radius 1 is 0.929 bits per heavy atom. The van der Waals surface area contributed by atoms with Crippen molar-refractivity contribution >= 4 is 23.2 Å². The van der Waals surface area contributed by atoms with E-state index in [9.17, 15) is 9.59 Å². The summed E-state index contributed by atoms with van der Waals surface area (Å²) in [5.41, 5.74) is 4.40. The summed E-state index contributed by atoms with van der Waals surface area (Å²) in [6.45, 7) is 3.97. The van der Waals surface area contributed by atoms with Gasteiger partial charge in [-0.05, 0) is 67.4 Å². The van der Waals surface area contributed by atoms with Gasteiger partial charge in [0.15, 0.2) is 5.75 Å². The van der Waals surface area contributed by atoms with Crippen LogP contribution in [-0.4, -0.2) is 18.9 Å². The van der Waals surface area contributed by atoms with Gasteiger partial charge in [0.25, 0.3) is 11.8 Å². The summed E-state index contributed by atoms with van der Waals surface area (Å²) in [6, 6.07) is 18.0. The highest BCUT2D eigenvalue weighted by molar-refractivity contribution is 6.11. The quantitative estimate of drug-likeness (QED) is 0.693. The van der Waals surface area contributed by atoms with E-state index in [-0.39, 0.29) is 11.8 Å². The van der Waals surface area contributed by atoms with Gasteiger partial charge in [-0.1, -0.05) is 18.2 Å². The van der Waals surface area contributed by atoms with Gasteiger partial charge >= 0.3 is 0 Å². The van der Waals surface area contributed by atoms with E-state index < -0.39 is 0 Å². The molecule has 3 aromatic carbocycles. The van der Waals surface area contributed by atoms with E-state index >= 15 is 0 Å². The molecule has 2 amide bonds. The van der Waals surface area contributed by atoms with Crippen LogP contribution >= 0.6 is 0 Å². The molecule has 0 bridgehead atoms. The van der Waals surface area contributed by atoms with Crippen LogP contribution in [0.2, 0.25) is 0 Å². The van der Waals surface area contributed by atoms with Crippen molar-refractivity contribution in [1.29, 1.82) is 0 Å². The minimum absolute atomic E-state index is 0.192. The minimum Gasteiger partial charge on any atom is -0.454 e. The Labute approximate surface area is 163 Å². The fourth-order valence-corrected chi connectivity index (χ4v) is 3.18. The number of fused-ring (bicyclic) bond motifs is 2. The lowest BCUT2D eigenvalue weighted by molar-refractivity contribution is 0.0990. The van der Waals surface area contributed by atoms with Crippen LogP contribution in [0.25, 0.3) is 0 Å². The molecule has 0 saturated heterocycles. The minimum atomic E-state index is -0.221. The Bertz CT molecular complexity index is 1100. The van der Waals surface area contributed by atoms with Crippen LogP contribution in [0.15, 0.2) is 60.7 Å². The molecular formula is C23H20N2O3. The summed E-state index contributed by atoms with van der Waals surface area (Å²) in [5, 5.41) is 2.87. The first-order valence-electron chi connectivity index (χ1n) is 9.01. The SMILES string of the molecule is Cc1ccc(C(=O)Nc2ccc3c(c2)C(=O)N(C)c2ccccc2O3)cc1C. The zero-order chi connectivity index (χ0) is 19.8. The van der Waals surface area contributed by atoms with Crippen molar-refractivity contribution in [2.45, 2.75) is 13.8 Å².